The second-order valence-corrected chi connectivity index (χ2v) is 9.00. The van der Waals surface area contributed by atoms with Crippen molar-refractivity contribution in [3.8, 4) is 0 Å². The highest BCUT2D eigenvalue weighted by molar-refractivity contribution is 7.92. The molecule has 0 heterocycles. The molecule has 0 bridgehead atoms. The molecule has 1 rings (SSSR count). The minimum Gasteiger partial charge on any atom is -0.444 e. The first-order valence-electron chi connectivity index (χ1n) is 6.96. The Balaban J connectivity index is 2.74. The second kappa shape index (κ2) is 5.89. The summed E-state index contributed by atoms with van der Waals surface area (Å²) >= 11 is 0. The fourth-order valence-corrected chi connectivity index (χ4v) is 4.01. The summed E-state index contributed by atoms with van der Waals surface area (Å²) in [6.07, 6.45) is 0.909. The molecule has 7 heteroatoms. The van der Waals surface area contributed by atoms with E-state index in [1.165, 1.54) is 0 Å². The summed E-state index contributed by atoms with van der Waals surface area (Å²) in [6.45, 7) is 7.18. The van der Waals surface area contributed by atoms with Crippen molar-refractivity contribution in [3.63, 3.8) is 0 Å². The van der Waals surface area contributed by atoms with E-state index in [0.717, 1.165) is 0 Å². The highest BCUT2D eigenvalue weighted by Crippen LogP contribution is 2.34. The smallest absolute Gasteiger partial charge is 0.408 e. The van der Waals surface area contributed by atoms with E-state index in [1.807, 2.05) is 0 Å². The zero-order chi connectivity index (χ0) is 15.6. The highest BCUT2D eigenvalue weighted by Gasteiger charge is 2.44. The molecule has 20 heavy (non-hydrogen) atoms. The van der Waals surface area contributed by atoms with Crippen LogP contribution in [-0.4, -0.2) is 43.2 Å². The molecule has 1 aliphatic carbocycles. The predicted molar refractivity (Wildman–Crippen MR) is 78.3 cm³/mol. The minimum absolute atomic E-state index is 0.116. The number of nitrogens with two attached hydrogens (primary N) is 1. The summed E-state index contributed by atoms with van der Waals surface area (Å²) in [5.41, 5.74) is 4.50. The first-order chi connectivity index (χ1) is 9.03. The molecule has 0 aromatic heterocycles. The molecule has 0 radical (unpaired) electrons. The molecule has 3 N–H and O–H groups in total. The predicted octanol–water partition coefficient (Wildman–Crippen LogP) is 1.20. The maximum atomic E-state index is 11.9. The summed E-state index contributed by atoms with van der Waals surface area (Å²) < 4.78 is 29.1. The van der Waals surface area contributed by atoms with E-state index < -0.39 is 32.3 Å². The molecular weight excluding hydrogens is 280 g/mol. The largest absolute Gasteiger partial charge is 0.444 e. The van der Waals surface area contributed by atoms with Gasteiger partial charge in [0.2, 0.25) is 0 Å². The van der Waals surface area contributed by atoms with Crippen LogP contribution in [0, 0.1) is 0 Å². The molecule has 2 atom stereocenters. The van der Waals surface area contributed by atoms with Crippen molar-refractivity contribution in [3.05, 3.63) is 0 Å². The van der Waals surface area contributed by atoms with Crippen LogP contribution in [0.2, 0.25) is 0 Å². The number of amides is 1. The van der Waals surface area contributed by atoms with E-state index in [4.69, 9.17) is 10.5 Å². The summed E-state index contributed by atoms with van der Waals surface area (Å²) in [5.74, 6) is 0.116. The third-order valence-electron chi connectivity index (χ3n) is 3.63. The minimum atomic E-state index is -3.10. The molecule has 0 unspecified atom stereocenters. The molecular formula is C13H26N2O4S. The Morgan fingerprint density at radius 3 is 2.50 bits per heavy atom. The zero-order valence-electron chi connectivity index (χ0n) is 12.7. The van der Waals surface area contributed by atoms with Gasteiger partial charge in [-0.05, 0) is 40.0 Å². The van der Waals surface area contributed by atoms with Gasteiger partial charge in [-0.25, -0.2) is 13.2 Å². The molecule has 1 aliphatic rings. The Bertz CT molecular complexity index is 455. The number of carbonyl (C=O) groups is 1. The lowest BCUT2D eigenvalue weighted by molar-refractivity contribution is 0.0460. The van der Waals surface area contributed by atoms with Crippen LogP contribution in [0.5, 0.6) is 0 Å². The highest BCUT2D eigenvalue weighted by atomic mass is 32.2. The quantitative estimate of drug-likeness (QED) is 0.813. The van der Waals surface area contributed by atoms with Gasteiger partial charge < -0.3 is 15.8 Å². The Morgan fingerprint density at radius 2 is 2.05 bits per heavy atom. The van der Waals surface area contributed by atoms with Crippen molar-refractivity contribution in [1.82, 2.24) is 5.32 Å². The van der Waals surface area contributed by atoms with Gasteiger partial charge in [-0.15, -0.1) is 0 Å². The average Bonchev–Trinajstić information content (AvgIpc) is 2.72. The van der Waals surface area contributed by atoms with E-state index in [0.29, 0.717) is 19.3 Å². The van der Waals surface area contributed by atoms with Gasteiger partial charge in [-0.3, -0.25) is 0 Å². The van der Waals surface area contributed by atoms with Crippen molar-refractivity contribution >= 4 is 15.9 Å². The Morgan fingerprint density at radius 1 is 1.45 bits per heavy atom. The van der Waals surface area contributed by atoms with Crippen LogP contribution in [0.3, 0.4) is 0 Å². The Hall–Kier alpha value is -0.820. The average molecular weight is 306 g/mol. The molecule has 1 saturated carbocycles. The standard InChI is InChI=1S/C13H26N2O4S/c1-5-20(17,18)10-6-7-13(8-10,9-14)15-11(16)19-12(2,3)4/h10H,5-9,14H2,1-4H3,(H,15,16)/t10-,13-/m0/s1. The summed E-state index contributed by atoms with van der Waals surface area (Å²) in [6, 6.07) is 0. The van der Waals surface area contributed by atoms with Gasteiger partial charge in [0.05, 0.1) is 10.8 Å². The number of hydrogen-bond donors (Lipinski definition) is 2. The normalized spacial score (nSPS) is 27.4. The van der Waals surface area contributed by atoms with Crippen molar-refractivity contribution < 1.29 is 17.9 Å². The first kappa shape index (κ1) is 17.2. The van der Waals surface area contributed by atoms with Gasteiger partial charge in [0.15, 0.2) is 9.84 Å². The number of hydrogen-bond acceptors (Lipinski definition) is 5. The maximum Gasteiger partial charge on any atom is 0.408 e. The van der Waals surface area contributed by atoms with Crippen LogP contribution in [0.1, 0.15) is 47.0 Å². The van der Waals surface area contributed by atoms with Gasteiger partial charge in [0.25, 0.3) is 0 Å². The number of nitrogens with one attached hydrogen (secondary N) is 1. The van der Waals surface area contributed by atoms with Crippen LogP contribution in [0.15, 0.2) is 0 Å². The summed E-state index contributed by atoms with van der Waals surface area (Å²) in [4.78, 5) is 11.9. The molecule has 0 aromatic rings. The number of carbonyl (C=O) groups excluding carboxylic acids is 1. The third kappa shape index (κ3) is 4.34. The molecule has 1 amide bonds. The van der Waals surface area contributed by atoms with Crippen LogP contribution in [0.25, 0.3) is 0 Å². The fraction of sp³-hybridized carbons (Fsp3) is 0.923. The Kier molecular flexibility index (Phi) is 5.08. The Labute approximate surface area is 121 Å². The van der Waals surface area contributed by atoms with Gasteiger partial charge in [0.1, 0.15) is 5.60 Å². The van der Waals surface area contributed by atoms with E-state index in [2.05, 4.69) is 5.32 Å². The van der Waals surface area contributed by atoms with Crippen molar-refractivity contribution in [2.75, 3.05) is 12.3 Å². The van der Waals surface area contributed by atoms with E-state index in [1.54, 1.807) is 27.7 Å². The molecule has 0 saturated heterocycles. The van der Waals surface area contributed by atoms with Gasteiger partial charge in [0, 0.05) is 12.3 Å². The first-order valence-corrected chi connectivity index (χ1v) is 8.68. The molecule has 1 fully saturated rings. The van der Waals surface area contributed by atoms with E-state index in [9.17, 15) is 13.2 Å². The molecule has 0 aromatic carbocycles. The van der Waals surface area contributed by atoms with Crippen LogP contribution < -0.4 is 11.1 Å². The van der Waals surface area contributed by atoms with Gasteiger partial charge >= 0.3 is 6.09 Å². The number of sulfone groups is 1. The SMILES string of the molecule is CCS(=O)(=O)[C@H]1CC[C@](CN)(NC(=O)OC(C)(C)C)C1. The summed E-state index contributed by atoms with van der Waals surface area (Å²) in [7, 11) is -3.10. The van der Waals surface area contributed by atoms with Gasteiger partial charge in [-0.1, -0.05) is 6.92 Å². The van der Waals surface area contributed by atoms with E-state index in [-0.39, 0.29) is 12.3 Å². The van der Waals surface area contributed by atoms with Crippen molar-refractivity contribution in [2.24, 2.45) is 5.73 Å². The molecule has 0 aliphatic heterocycles. The fourth-order valence-electron chi connectivity index (χ4n) is 2.49. The van der Waals surface area contributed by atoms with Crippen molar-refractivity contribution in [2.45, 2.75) is 63.3 Å². The van der Waals surface area contributed by atoms with Crippen LogP contribution in [-0.2, 0) is 14.6 Å². The topological polar surface area (TPSA) is 98.5 Å². The van der Waals surface area contributed by atoms with Crippen molar-refractivity contribution in [1.29, 1.82) is 0 Å². The third-order valence-corrected chi connectivity index (χ3v) is 5.85. The molecule has 6 nitrogen and oxygen atoms in total. The lowest BCUT2D eigenvalue weighted by Gasteiger charge is -2.30. The molecule has 0 spiro atoms. The number of ether oxygens (including phenoxy) is 1. The van der Waals surface area contributed by atoms with Crippen LogP contribution >= 0.6 is 0 Å². The maximum absolute atomic E-state index is 11.9. The molecule has 118 valence electrons. The lowest BCUT2D eigenvalue weighted by Crippen LogP contribution is -2.53. The summed E-state index contributed by atoms with van der Waals surface area (Å²) in [5, 5.41) is 2.35. The second-order valence-electron chi connectivity index (χ2n) is 6.43. The zero-order valence-corrected chi connectivity index (χ0v) is 13.5. The van der Waals surface area contributed by atoms with E-state index >= 15 is 0 Å². The van der Waals surface area contributed by atoms with Gasteiger partial charge in [-0.2, -0.15) is 0 Å². The van der Waals surface area contributed by atoms with Crippen LogP contribution in [0.4, 0.5) is 4.79 Å². The number of rotatable bonds is 4. The lowest BCUT2D eigenvalue weighted by atomic mass is 9.98. The number of alkyl carbamates (subject to hydrolysis) is 1. The monoisotopic (exact) mass is 306 g/mol.